The van der Waals surface area contributed by atoms with Crippen LogP contribution in [0.2, 0.25) is 0 Å². The summed E-state index contributed by atoms with van der Waals surface area (Å²) in [4.78, 5) is 39.8. The summed E-state index contributed by atoms with van der Waals surface area (Å²) in [6, 6.07) is -1.56. The molecular weight excluding hydrogens is 280 g/mol. The second kappa shape index (κ2) is 6.75. The summed E-state index contributed by atoms with van der Waals surface area (Å²) in [5.41, 5.74) is 3.32. The molecule has 122 valence electrons. The van der Waals surface area contributed by atoms with E-state index in [4.69, 9.17) is 15.3 Å². The van der Waals surface area contributed by atoms with Gasteiger partial charge < -0.3 is 15.6 Å². The van der Waals surface area contributed by atoms with Crippen LogP contribution in [-0.2, 0) is 19.2 Å². The van der Waals surface area contributed by atoms with Crippen LogP contribution >= 0.6 is 0 Å². The van der Waals surface area contributed by atoms with Crippen LogP contribution in [-0.4, -0.2) is 45.4 Å². The lowest BCUT2D eigenvalue weighted by molar-refractivity contribution is -0.233. The number of amides is 2. The van der Waals surface area contributed by atoms with Crippen LogP contribution in [0.15, 0.2) is 0 Å². The molecular formula is C13H24N2O6. The highest BCUT2D eigenvalue weighted by molar-refractivity contribution is 5.86. The molecule has 21 heavy (non-hydrogen) atoms. The smallest absolute Gasteiger partial charge is 0.435 e. The zero-order valence-electron chi connectivity index (χ0n) is 13.3. The van der Waals surface area contributed by atoms with Gasteiger partial charge in [0.2, 0.25) is 5.91 Å². The Hall–Kier alpha value is -1.83. The van der Waals surface area contributed by atoms with Gasteiger partial charge in [0, 0.05) is 0 Å². The van der Waals surface area contributed by atoms with Gasteiger partial charge in [0.25, 0.3) is 0 Å². The van der Waals surface area contributed by atoms with Gasteiger partial charge in [0.15, 0.2) is 6.04 Å². The number of carbonyl (C=O) groups is 3. The maximum absolute atomic E-state index is 12.1. The van der Waals surface area contributed by atoms with Gasteiger partial charge in [-0.15, -0.1) is 0 Å². The Morgan fingerprint density at radius 1 is 1.10 bits per heavy atom. The SMILES string of the molecule is CC(C)(C)OC(=O)N(OC(C)(C)C)[C@@H](CC(N)=O)C(=O)O. The fourth-order valence-corrected chi connectivity index (χ4v) is 1.29. The average Bonchev–Trinajstić information content (AvgIpc) is 2.18. The Labute approximate surface area is 124 Å². The Kier molecular flexibility index (Phi) is 6.16. The van der Waals surface area contributed by atoms with Crippen LogP contribution in [0.4, 0.5) is 4.79 Å². The van der Waals surface area contributed by atoms with Crippen LogP contribution in [0.5, 0.6) is 0 Å². The molecule has 0 aliphatic heterocycles. The monoisotopic (exact) mass is 304 g/mol. The number of hydrogen-bond donors (Lipinski definition) is 2. The quantitative estimate of drug-likeness (QED) is 0.738. The largest absolute Gasteiger partial charge is 0.480 e. The lowest BCUT2D eigenvalue weighted by atomic mass is 10.2. The number of carbonyl (C=O) groups excluding carboxylic acids is 2. The highest BCUT2D eigenvalue weighted by Crippen LogP contribution is 2.19. The number of primary amides is 1. The van der Waals surface area contributed by atoms with E-state index in [9.17, 15) is 19.5 Å². The van der Waals surface area contributed by atoms with Crippen molar-refractivity contribution in [1.29, 1.82) is 0 Å². The summed E-state index contributed by atoms with van der Waals surface area (Å²) in [7, 11) is 0. The number of nitrogens with two attached hydrogens (primary N) is 1. The van der Waals surface area contributed by atoms with E-state index in [1.165, 1.54) is 0 Å². The molecule has 0 aliphatic carbocycles. The van der Waals surface area contributed by atoms with Crippen molar-refractivity contribution in [2.45, 2.75) is 65.2 Å². The minimum absolute atomic E-state index is 0.554. The number of rotatable bonds is 5. The van der Waals surface area contributed by atoms with Gasteiger partial charge in [-0.05, 0) is 41.5 Å². The van der Waals surface area contributed by atoms with E-state index in [0.717, 1.165) is 0 Å². The molecule has 0 aromatic heterocycles. The molecule has 0 aromatic carbocycles. The third-order valence-electron chi connectivity index (χ3n) is 1.91. The molecule has 2 amide bonds. The van der Waals surface area contributed by atoms with Gasteiger partial charge in [-0.3, -0.25) is 9.63 Å². The van der Waals surface area contributed by atoms with Crippen molar-refractivity contribution < 1.29 is 29.1 Å². The Balaban J connectivity index is 5.41. The number of ether oxygens (including phenoxy) is 1. The summed E-state index contributed by atoms with van der Waals surface area (Å²) in [5, 5.41) is 9.75. The predicted molar refractivity (Wildman–Crippen MR) is 74.1 cm³/mol. The second-order valence-electron chi connectivity index (χ2n) is 6.53. The number of hydroxylamine groups is 2. The molecule has 0 rings (SSSR count). The first-order valence-electron chi connectivity index (χ1n) is 6.45. The summed E-state index contributed by atoms with van der Waals surface area (Å²) in [6.45, 7) is 9.78. The zero-order chi connectivity index (χ0) is 17.0. The first kappa shape index (κ1) is 19.2. The number of carboxylic acids is 1. The minimum Gasteiger partial charge on any atom is -0.480 e. The summed E-state index contributed by atoms with van der Waals surface area (Å²) < 4.78 is 5.10. The van der Waals surface area contributed by atoms with E-state index in [1.54, 1.807) is 41.5 Å². The molecule has 1 atom stereocenters. The number of carboxylic acid groups (broad SMARTS) is 1. The molecule has 0 aliphatic rings. The summed E-state index contributed by atoms with van der Waals surface area (Å²) >= 11 is 0. The number of hydrogen-bond acceptors (Lipinski definition) is 5. The van der Waals surface area contributed by atoms with Crippen LogP contribution < -0.4 is 5.73 Å². The second-order valence-corrected chi connectivity index (χ2v) is 6.53. The highest BCUT2D eigenvalue weighted by Gasteiger charge is 2.37. The first-order valence-corrected chi connectivity index (χ1v) is 6.45. The number of nitrogens with zero attached hydrogens (tertiary/aromatic N) is 1. The zero-order valence-corrected chi connectivity index (χ0v) is 13.3. The van der Waals surface area contributed by atoms with Crippen molar-refractivity contribution in [3.63, 3.8) is 0 Å². The maximum atomic E-state index is 12.1. The average molecular weight is 304 g/mol. The Bertz CT molecular complexity index is 408. The van der Waals surface area contributed by atoms with Crippen LogP contribution in [0.1, 0.15) is 48.0 Å². The van der Waals surface area contributed by atoms with E-state index >= 15 is 0 Å². The molecule has 0 aromatic rings. The van der Waals surface area contributed by atoms with Gasteiger partial charge in [-0.2, -0.15) is 5.06 Å². The van der Waals surface area contributed by atoms with Crippen LogP contribution in [0.25, 0.3) is 0 Å². The van der Waals surface area contributed by atoms with E-state index in [-0.39, 0.29) is 0 Å². The molecule has 0 heterocycles. The van der Waals surface area contributed by atoms with Crippen LogP contribution in [0.3, 0.4) is 0 Å². The third-order valence-corrected chi connectivity index (χ3v) is 1.91. The molecule has 8 heteroatoms. The predicted octanol–water partition coefficient (Wildman–Crippen LogP) is 1.28. The molecule has 0 bridgehead atoms. The normalized spacial score (nSPS) is 13.4. The Morgan fingerprint density at radius 2 is 1.57 bits per heavy atom. The third kappa shape index (κ3) is 8.13. The van der Waals surface area contributed by atoms with Crippen molar-refractivity contribution in [3.8, 4) is 0 Å². The minimum atomic E-state index is -1.56. The van der Waals surface area contributed by atoms with Crippen LogP contribution in [0, 0.1) is 0 Å². The fraction of sp³-hybridized carbons (Fsp3) is 0.769. The van der Waals surface area contributed by atoms with Gasteiger partial charge in [0.05, 0.1) is 12.0 Å². The van der Waals surface area contributed by atoms with E-state index in [1.807, 2.05) is 0 Å². The van der Waals surface area contributed by atoms with E-state index in [0.29, 0.717) is 5.06 Å². The molecule has 0 saturated carbocycles. The standard InChI is InChI=1S/C13H24N2O6/c1-12(2,3)20-11(19)15(21-13(4,5)6)8(10(17)18)7-9(14)16/h8H,7H2,1-6H3,(H2,14,16)(H,17,18)/t8-/m0/s1. The van der Waals surface area contributed by atoms with Crippen molar-refractivity contribution in [2.75, 3.05) is 0 Å². The first-order chi connectivity index (χ1) is 9.23. The maximum Gasteiger partial charge on any atom is 0.435 e. The highest BCUT2D eigenvalue weighted by atomic mass is 16.7. The van der Waals surface area contributed by atoms with Crippen molar-refractivity contribution in [1.82, 2.24) is 5.06 Å². The summed E-state index contributed by atoms with van der Waals surface area (Å²) in [6.07, 6.45) is -1.57. The van der Waals surface area contributed by atoms with Crippen molar-refractivity contribution in [3.05, 3.63) is 0 Å². The van der Waals surface area contributed by atoms with Gasteiger partial charge in [-0.1, -0.05) is 0 Å². The van der Waals surface area contributed by atoms with Gasteiger partial charge >= 0.3 is 12.1 Å². The molecule has 8 nitrogen and oxygen atoms in total. The number of aliphatic carboxylic acids is 1. The molecule has 0 radical (unpaired) electrons. The van der Waals surface area contributed by atoms with E-state index < -0.39 is 41.6 Å². The van der Waals surface area contributed by atoms with Crippen molar-refractivity contribution >= 4 is 18.0 Å². The van der Waals surface area contributed by atoms with Crippen molar-refractivity contribution in [2.24, 2.45) is 5.73 Å². The molecule has 0 spiro atoms. The lowest BCUT2D eigenvalue weighted by Crippen LogP contribution is -2.51. The molecule has 0 saturated heterocycles. The topological polar surface area (TPSA) is 119 Å². The fourth-order valence-electron chi connectivity index (χ4n) is 1.29. The Morgan fingerprint density at radius 3 is 1.86 bits per heavy atom. The van der Waals surface area contributed by atoms with E-state index in [2.05, 4.69) is 0 Å². The molecule has 3 N–H and O–H groups in total. The lowest BCUT2D eigenvalue weighted by Gasteiger charge is -2.34. The summed E-state index contributed by atoms with van der Waals surface area (Å²) in [5.74, 6) is -2.28. The van der Waals surface area contributed by atoms with Gasteiger partial charge in [-0.25, -0.2) is 9.59 Å². The van der Waals surface area contributed by atoms with Gasteiger partial charge in [0.1, 0.15) is 5.60 Å². The molecule has 0 unspecified atom stereocenters. The molecule has 0 fully saturated rings.